The van der Waals surface area contributed by atoms with E-state index in [4.69, 9.17) is 5.11 Å². The van der Waals surface area contributed by atoms with Crippen molar-refractivity contribution in [1.82, 2.24) is 15.1 Å². The highest BCUT2D eigenvalue weighted by molar-refractivity contribution is 5.83. The fraction of sp³-hybridized carbons (Fsp3) is 0.700. The van der Waals surface area contributed by atoms with Gasteiger partial charge in [0.25, 0.3) is 0 Å². The van der Waals surface area contributed by atoms with Crippen LogP contribution in [-0.2, 0) is 9.59 Å². The number of urea groups is 1. The zero-order chi connectivity index (χ0) is 13.4. The van der Waals surface area contributed by atoms with Crippen LogP contribution in [0.4, 0.5) is 4.79 Å². The monoisotopic (exact) mass is 245 g/mol. The zero-order valence-electron chi connectivity index (χ0n) is 10.4. The van der Waals surface area contributed by atoms with Crippen molar-refractivity contribution in [2.75, 3.05) is 34.2 Å². The van der Waals surface area contributed by atoms with Crippen molar-refractivity contribution in [2.45, 2.75) is 12.8 Å². The lowest BCUT2D eigenvalue weighted by molar-refractivity contribution is -0.137. The number of carboxylic acid groups (broad SMARTS) is 1. The SMILES string of the molecule is CN(C)C(=O)CNC(=O)N(C)CCCC(=O)O. The molecule has 0 bridgehead atoms. The smallest absolute Gasteiger partial charge is 0.317 e. The number of hydrogen-bond donors (Lipinski definition) is 2. The molecule has 0 aromatic carbocycles. The first kappa shape index (κ1) is 15.2. The van der Waals surface area contributed by atoms with Crippen LogP contribution in [0, 0.1) is 0 Å². The number of carbonyl (C=O) groups excluding carboxylic acids is 2. The summed E-state index contributed by atoms with van der Waals surface area (Å²) in [6.45, 7) is 0.281. The second kappa shape index (κ2) is 7.48. The summed E-state index contributed by atoms with van der Waals surface area (Å²) in [4.78, 5) is 35.6. The molecule has 0 radical (unpaired) electrons. The molecule has 0 atom stereocenters. The van der Waals surface area contributed by atoms with Crippen LogP contribution >= 0.6 is 0 Å². The van der Waals surface area contributed by atoms with Crippen LogP contribution in [0.3, 0.4) is 0 Å². The molecule has 2 N–H and O–H groups in total. The molecule has 0 aliphatic carbocycles. The maximum Gasteiger partial charge on any atom is 0.317 e. The highest BCUT2D eigenvalue weighted by Crippen LogP contribution is 1.93. The Morgan fingerprint density at radius 1 is 1.18 bits per heavy atom. The molecule has 0 aromatic heterocycles. The topological polar surface area (TPSA) is 90.0 Å². The van der Waals surface area contributed by atoms with Crippen molar-refractivity contribution in [3.63, 3.8) is 0 Å². The fourth-order valence-electron chi connectivity index (χ4n) is 1.01. The number of nitrogens with zero attached hydrogens (tertiary/aromatic N) is 2. The van der Waals surface area contributed by atoms with Gasteiger partial charge in [0.05, 0.1) is 6.54 Å². The average Bonchev–Trinajstić information content (AvgIpc) is 2.24. The predicted octanol–water partition coefficient (Wildman–Crippen LogP) is -0.419. The van der Waals surface area contributed by atoms with Crippen LogP contribution < -0.4 is 5.32 Å². The van der Waals surface area contributed by atoms with Gasteiger partial charge in [-0.05, 0) is 6.42 Å². The van der Waals surface area contributed by atoms with Gasteiger partial charge in [0.2, 0.25) is 5.91 Å². The first-order valence-electron chi connectivity index (χ1n) is 5.25. The van der Waals surface area contributed by atoms with E-state index in [0.29, 0.717) is 13.0 Å². The number of likely N-dealkylation sites (N-methyl/N-ethyl adjacent to an activating group) is 1. The first-order chi connectivity index (χ1) is 7.84. The Morgan fingerprint density at radius 3 is 2.24 bits per heavy atom. The van der Waals surface area contributed by atoms with Gasteiger partial charge in [0.1, 0.15) is 0 Å². The molecule has 0 aliphatic rings. The molecular weight excluding hydrogens is 226 g/mol. The molecule has 0 saturated carbocycles. The maximum atomic E-state index is 11.4. The molecule has 3 amide bonds. The van der Waals surface area contributed by atoms with E-state index >= 15 is 0 Å². The Hall–Kier alpha value is -1.79. The number of nitrogens with one attached hydrogen (secondary N) is 1. The summed E-state index contributed by atoms with van der Waals surface area (Å²) in [5.74, 6) is -1.08. The van der Waals surface area contributed by atoms with Gasteiger partial charge in [-0.3, -0.25) is 9.59 Å². The lowest BCUT2D eigenvalue weighted by Gasteiger charge is -2.18. The summed E-state index contributed by atoms with van der Waals surface area (Å²) in [7, 11) is 4.76. The number of hydrogen-bond acceptors (Lipinski definition) is 3. The molecule has 0 heterocycles. The summed E-state index contributed by atoms with van der Waals surface area (Å²) >= 11 is 0. The molecule has 7 nitrogen and oxygen atoms in total. The normalized spacial score (nSPS) is 9.59. The average molecular weight is 245 g/mol. The van der Waals surface area contributed by atoms with E-state index in [2.05, 4.69) is 5.32 Å². The molecule has 98 valence electrons. The van der Waals surface area contributed by atoms with Crippen LogP contribution in [0.5, 0.6) is 0 Å². The van der Waals surface area contributed by atoms with Crippen LogP contribution in [0.1, 0.15) is 12.8 Å². The minimum Gasteiger partial charge on any atom is -0.481 e. The highest BCUT2D eigenvalue weighted by Gasteiger charge is 2.11. The highest BCUT2D eigenvalue weighted by atomic mass is 16.4. The summed E-state index contributed by atoms with van der Waals surface area (Å²) in [5, 5.41) is 10.9. The van der Waals surface area contributed by atoms with Crippen molar-refractivity contribution in [1.29, 1.82) is 0 Å². The van der Waals surface area contributed by atoms with Crippen molar-refractivity contribution in [2.24, 2.45) is 0 Å². The van der Waals surface area contributed by atoms with Gasteiger partial charge in [-0.15, -0.1) is 0 Å². The fourth-order valence-corrected chi connectivity index (χ4v) is 1.01. The van der Waals surface area contributed by atoms with Crippen LogP contribution in [0.15, 0.2) is 0 Å². The summed E-state index contributed by atoms with van der Waals surface area (Å²) in [6, 6.07) is -0.384. The van der Waals surface area contributed by atoms with Crippen molar-refractivity contribution in [3.8, 4) is 0 Å². The van der Waals surface area contributed by atoms with Gasteiger partial charge in [0.15, 0.2) is 0 Å². The Bertz CT molecular complexity index is 291. The number of amides is 3. The van der Waals surface area contributed by atoms with Gasteiger partial charge in [-0.25, -0.2) is 4.79 Å². The summed E-state index contributed by atoms with van der Waals surface area (Å²) in [5.41, 5.74) is 0. The molecule has 0 unspecified atom stereocenters. The van der Waals surface area contributed by atoms with E-state index < -0.39 is 5.97 Å². The quantitative estimate of drug-likeness (QED) is 0.665. The third-order valence-corrected chi connectivity index (χ3v) is 2.12. The number of rotatable bonds is 6. The van der Waals surface area contributed by atoms with E-state index in [1.807, 2.05) is 0 Å². The number of carboxylic acids is 1. The van der Waals surface area contributed by atoms with Crippen molar-refractivity contribution < 1.29 is 19.5 Å². The summed E-state index contributed by atoms with van der Waals surface area (Å²) in [6.07, 6.45) is 0.412. The Labute approximate surface area is 100 Å². The molecule has 0 fully saturated rings. The second-order valence-electron chi connectivity index (χ2n) is 3.87. The van der Waals surface area contributed by atoms with E-state index in [9.17, 15) is 14.4 Å². The molecule has 7 heteroatoms. The van der Waals surface area contributed by atoms with Gasteiger partial charge >= 0.3 is 12.0 Å². The molecule has 0 saturated heterocycles. The van der Waals surface area contributed by atoms with Gasteiger partial charge in [-0.2, -0.15) is 0 Å². The van der Waals surface area contributed by atoms with Gasteiger partial charge in [-0.1, -0.05) is 0 Å². The molecule has 17 heavy (non-hydrogen) atoms. The third kappa shape index (κ3) is 7.15. The van der Waals surface area contributed by atoms with E-state index in [0.717, 1.165) is 0 Å². The lowest BCUT2D eigenvalue weighted by atomic mass is 10.3. The Balaban J connectivity index is 3.82. The molecular formula is C10H19N3O4. The van der Waals surface area contributed by atoms with Gasteiger partial charge < -0.3 is 20.2 Å². The number of carbonyl (C=O) groups is 3. The Kier molecular flexibility index (Phi) is 6.69. The van der Waals surface area contributed by atoms with Crippen molar-refractivity contribution >= 4 is 17.9 Å². The predicted molar refractivity (Wildman–Crippen MR) is 61.6 cm³/mol. The van der Waals surface area contributed by atoms with Crippen molar-refractivity contribution in [3.05, 3.63) is 0 Å². The molecule has 0 aromatic rings. The van der Waals surface area contributed by atoms with Crippen LogP contribution in [0.2, 0.25) is 0 Å². The van der Waals surface area contributed by atoms with Crippen LogP contribution in [-0.4, -0.2) is 67.0 Å². The Morgan fingerprint density at radius 2 is 1.76 bits per heavy atom. The van der Waals surface area contributed by atoms with E-state index in [1.54, 1.807) is 21.1 Å². The largest absolute Gasteiger partial charge is 0.481 e. The third-order valence-electron chi connectivity index (χ3n) is 2.12. The van der Waals surface area contributed by atoms with Gasteiger partial charge in [0, 0.05) is 34.1 Å². The first-order valence-corrected chi connectivity index (χ1v) is 5.25. The van der Waals surface area contributed by atoms with Crippen LogP contribution in [0.25, 0.3) is 0 Å². The molecule has 0 rings (SSSR count). The van der Waals surface area contributed by atoms with E-state index in [1.165, 1.54) is 9.80 Å². The zero-order valence-corrected chi connectivity index (χ0v) is 10.4. The standard InChI is InChI=1S/C10H19N3O4/c1-12(2)8(14)7-11-10(17)13(3)6-4-5-9(15)16/h4-7H2,1-3H3,(H,11,17)(H,15,16). The lowest BCUT2D eigenvalue weighted by Crippen LogP contribution is -2.42. The second-order valence-corrected chi connectivity index (χ2v) is 3.87. The number of aliphatic carboxylic acids is 1. The minimum atomic E-state index is -0.887. The molecule has 0 spiro atoms. The minimum absolute atomic E-state index is 0.0221. The molecule has 0 aliphatic heterocycles. The summed E-state index contributed by atoms with van der Waals surface area (Å²) < 4.78 is 0. The van der Waals surface area contributed by atoms with E-state index in [-0.39, 0.29) is 24.9 Å². The maximum absolute atomic E-state index is 11.4.